The lowest BCUT2D eigenvalue weighted by molar-refractivity contribution is 0.267. The van der Waals surface area contributed by atoms with Crippen LogP contribution in [0, 0.1) is 12.7 Å². The fourth-order valence-electron chi connectivity index (χ4n) is 3.08. The quantitative estimate of drug-likeness (QED) is 0.312. The van der Waals surface area contributed by atoms with Crippen LogP contribution in [0.2, 0.25) is 0 Å². The van der Waals surface area contributed by atoms with Gasteiger partial charge in [-0.25, -0.2) is 4.39 Å². The third-order valence-electron chi connectivity index (χ3n) is 4.71. The molecule has 0 aromatic heterocycles. The monoisotopic (exact) mass is 507 g/mol. The van der Waals surface area contributed by atoms with E-state index in [1.54, 1.807) is 0 Å². The van der Waals surface area contributed by atoms with Crippen LogP contribution in [0.15, 0.2) is 65.1 Å². The molecule has 0 fully saturated rings. The van der Waals surface area contributed by atoms with Crippen molar-refractivity contribution in [2.45, 2.75) is 33.4 Å². The van der Waals surface area contributed by atoms with Crippen molar-refractivity contribution in [3.63, 3.8) is 0 Å². The summed E-state index contributed by atoms with van der Waals surface area (Å²) in [6.45, 7) is 6.59. The van der Waals surface area contributed by atoms with Gasteiger partial charge in [0.25, 0.3) is 0 Å². The smallest absolute Gasteiger partial charge is 0.175 e. The topological polar surface area (TPSA) is 30.5 Å². The average molecular weight is 509 g/mol. The number of hydrogen-bond acceptors (Lipinski definition) is 3. The van der Waals surface area contributed by atoms with E-state index >= 15 is 0 Å². The molecule has 31 heavy (non-hydrogen) atoms. The van der Waals surface area contributed by atoms with E-state index in [0.29, 0.717) is 25.5 Å². The standard InChI is InChI=1S/C25H27BrFNO2.ClH/c1-3-29-24-15-21(16-28-13-12-19-8-10-22(27)11-9-19)14-23(26)25(24)30-17-20-6-4-18(2)5-7-20;/h4-11,14-15,28H,3,12-13,16-17H2,1-2H3;1H. The van der Waals surface area contributed by atoms with Crippen LogP contribution in [0.4, 0.5) is 4.39 Å². The van der Waals surface area contributed by atoms with Gasteiger partial charge in [0.2, 0.25) is 0 Å². The van der Waals surface area contributed by atoms with E-state index in [1.807, 2.05) is 25.1 Å². The van der Waals surface area contributed by atoms with Crippen molar-refractivity contribution in [3.8, 4) is 11.5 Å². The molecule has 0 radical (unpaired) electrons. The first-order chi connectivity index (χ1) is 14.5. The Labute approximate surface area is 198 Å². The minimum atomic E-state index is -0.204. The summed E-state index contributed by atoms with van der Waals surface area (Å²) in [6.07, 6.45) is 0.845. The third-order valence-corrected chi connectivity index (χ3v) is 5.29. The zero-order valence-electron chi connectivity index (χ0n) is 17.8. The minimum Gasteiger partial charge on any atom is -0.490 e. The lowest BCUT2D eigenvalue weighted by atomic mass is 10.1. The molecular formula is C25H28BrClFNO2. The molecule has 0 spiro atoms. The van der Waals surface area contributed by atoms with Gasteiger partial charge >= 0.3 is 0 Å². The summed E-state index contributed by atoms with van der Waals surface area (Å²) in [5.74, 6) is 1.24. The normalized spacial score (nSPS) is 10.5. The van der Waals surface area contributed by atoms with Crippen molar-refractivity contribution < 1.29 is 13.9 Å². The van der Waals surface area contributed by atoms with E-state index in [1.165, 1.54) is 17.7 Å². The van der Waals surface area contributed by atoms with E-state index in [2.05, 4.69) is 58.5 Å². The van der Waals surface area contributed by atoms with Crippen molar-refractivity contribution in [1.29, 1.82) is 0 Å². The number of rotatable bonds is 10. The highest BCUT2D eigenvalue weighted by molar-refractivity contribution is 9.10. The first kappa shape index (κ1) is 25.2. The molecule has 0 saturated carbocycles. The van der Waals surface area contributed by atoms with Crippen LogP contribution in [0.5, 0.6) is 11.5 Å². The molecular weight excluding hydrogens is 481 g/mol. The zero-order valence-corrected chi connectivity index (χ0v) is 20.2. The fraction of sp³-hybridized carbons (Fsp3) is 0.280. The van der Waals surface area contributed by atoms with Crippen LogP contribution < -0.4 is 14.8 Å². The summed E-state index contributed by atoms with van der Waals surface area (Å²) in [4.78, 5) is 0. The van der Waals surface area contributed by atoms with Crippen molar-refractivity contribution in [1.82, 2.24) is 5.32 Å². The summed E-state index contributed by atoms with van der Waals surface area (Å²) in [7, 11) is 0. The Morgan fingerprint density at radius 3 is 2.26 bits per heavy atom. The molecule has 0 saturated heterocycles. The molecule has 0 aliphatic carbocycles. The number of hydrogen-bond donors (Lipinski definition) is 1. The predicted molar refractivity (Wildman–Crippen MR) is 130 cm³/mol. The first-order valence-corrected chi connectivity index (χ1v) is 10.9. The van der Waals surface area contributed by atoms with Gasteiger partial charge < -0.3 is 14.8 Å². The van der Waals surface area contributed by atoms with Crippen molar-refractivity contribution in [3.05, 3.63) is 93.2 Å². The molecule has 3 rings (SSSR count). The molecule has 3 nitrogen and oxygen atoms in total. The molecule has 0 aliphatic heterocycles. The SMILES string of the molecule is CCOc1cc(CNCCc2ccc(F)cc2)cc(Br)c1OCc1ccc(C)cc1.Cl. The predicted octanol–water partition coefficient (Wildman–Crippen LogP) is 6.63. The van der Waals surface area contributed by atoms with Crippen LogP contribution in [0.1, 0.15) is 29.2 Å². The van der Waals surface area contributed by atoms with Crippen LogP contribution in [-0.2, 0) is 19.6 Å². The van der Waals surface area contributed by atoms with Crippen LogP contribution in [0.3, 0.4) is 0 Å². The van der Waals surface area contributed by atoms with E-state index in [4.69, 9.17) is 9.47 Å². The molecule has 0 aliphatic rings. The van der Waals surface area contributed by atoms with Gasteiger partial charge in [0.1, 0.15) is 12.4 Å². The molecule has 1 N–H and O–H groups in total. The molecule has 6 heteroatoms. The van der Waals surface area contributed by atoms with Crippen LogP contribution >= 0.6 is 28.3 Å². The molecule has 166 valence electrons. The summed E-state index contributed by atoms with van der Waals surface area (Å²) in [6, 6.07) is 19.0. The van der Waals surface area contributed by atoms with Gasteiger partial charge in [-0.05, 0) is 83.7 Å². The second-order valence-electron chi connectivity index (χ2n) is 7.17. The van der Waals surface area contributed by atoms with E-state index in [0.717, 1.165) is 39.9 Å². The summed E-state index contributed by atoms with van der Waals surface area (Å²) in [5, 5.41) is 3.43. The van der Waals surface area contributed by atoms with Gasteiger partial charge in [0, 0.05) is 6.54 Å². The molecule has 0 amide bonds. The maximum Gasteiger partial charge on any atom is 0.175 e. The Bertz CT molecular complexity index is 949. The highest BCUT2D eigenvalue weighted by atomic mass is 79.9. The molecule has 3 aromatic rings. The van der Waals surface area contributed by atoms with Crippen molar-refractivity contribution in [2.75, 3.05) is 13.2 Å². The van der Waals surface area contributed by atoms with E-state index in [9.17, 15) is 4.39 Å². The van der Waals surface area contributed by atoms with Gasteiger partial charge in [-0.15, -0.1) is 12.4 Å². The first-order valence-electron chi connectivity index (χ1n) is 10.1. The average Bonchev–Trinajstić information content (AvgIpc) is 2.73. The minimum absolute atomic E-state index is 0. The number of benzene rings is 3. The zero-order chi connectivity index (χ0) is 21.3. The van der Waals surface area contributed by atoms with Gasteiger partial charge in [0.15, 0.2) is 11.5 Å². The molecule has 0 bridgehead atoms. The summed E-state index contributed by atoms with van der Waals surface area (Å²) in [5.41, 5.74) is 4.56. The van der Waals surface area contributed by atoms with E-state index < -0.39 is 0 Å². The van der Waals surface area contributed by atoms with Gasteiger partial charge in [0.05, 0.1) is 11.1 Å². The third kappa shape index (κ3) is 7.84. The van der Waals surface area contributed by atoms with Crippen molar-refractivity contribution >= 4 is 28.3 Å². The Morgan fingerprint density at radius 2 is 1.58 bits per heavy atom. The molecule has 3 aromatic carbocycles. The van der Waals surface area contributed by atoms with Crippen LogP contribution in [0.25, 0.3) is 0 Å². The Balaban J connectivity index is 0.00000341. The summed E-state index contributed by atoms with van der Waals surface area (Å²) < 4.78 is 25.8. The lowest BCUT2D eigenvalue weighted by Gasteiger charge is -2.16. The number of aryl methyl sites for hydroxylation is 1. The second kappa shape index (κ2) is 12.7. The molecule has 0 heterocycles. The Hall–Kier alpha value is -2.08. The van der Waals surface area contributed by atoms with Crippen LogP contribution in [-0.4, -0.2) is 13.2 Å². The fourth-order valence-corrected chi connectivity index (χ4v) is 3.69. The Morgan fingerprint density at radius 1 is 0.903 bits per heavy atom. The lowest BCUT2D eigenvalue weighted by Crippen LogP contribution is -2.17. The largest absolute Gasteiger partial charge is 0.490 e. The molecule has 0 atom stereocenters. The highest BCUT2D eigenvalue weighted by Crippen LogP contribution is 2.37. The summed E-state index contributed by atoms with van der Waals surface area (Å²) >= 11 is 3.64. The second-order valence-corrected chi connectivity index (χ2v) is 8.02. The number of ether oxygens (including phenoxy) is 2. The number of halogens is 3. The maximum atomic E-state index is 13.0. The Kier molecular flexibility index (Phi) is 10.3. The van der Waals surface area contributed by atoms with Gasteiger partial charge in [-0.3, -0.25) is 0 Å². The highest BCUT2D eigenvalue weighted by Gasteiger charge is 2.13. The number of nitrogens with one attached hydrogen (secondary N) is 1. The maximum absolute atomic E-state index is 13.0. The van der Waals surface area contributed by atoms with Gasteiger partial charge in [-0.1, -0.05) is 42.0 Å². The van der Waals surface area contributed by atoms with Gasteiger partial charge in [-0.2, -0.15) is 0 Å². The van der Waals surface area contributed by atoms with Crippen molar-refractivity contribution in [2.24, 2.45) is 0 Å². The van der Waals surface area contributed by atoms with E-state index in [-0.39, 0.29) is 18.2 Å². The molecule has 0 unspecified atom stereocenters.